The Morgan fingerprint density at radius 3 is 2.04 bits per heavy atom. The molecular weight excluding hydrogens is 632 g/mol. The number of Topliss-reactive ketones (excluding diaryl/α,β-unsaturated/α-hetero) is 1. The second-order valence-electron chi connectivity index (χ2n) is 16.5. The first-order valence-corrected chi connectivity index (χ1v) is 16.9. The lowest BCUT2D eigenvalue weighted by molar-refractivity contribution is -0.273. The summed E-state index contributed by atoms with van der Waals surface area (Å²) in [5, 5.41) is 36.8. The van der Waals surface area contributed by atoms with Crippen LogP contribution in [0.4, 0.5) is 0 Å². The van der Waals surface area contributed by atoms with Crippen molar-refractivity contribution in [2.24, 2.45) is 57.7 Å². The highest BCUT2D eigenvalue weighted by Gasteiger charge is 2.93. The van der Waals surface area contributed by atoms with Gasteiger partial charge in [-0.3, -0.25) is 19.2 Å². The van der Waals surface area contributed by atoms with E-state index in [9.17, 15) is 39.3 Å². The number of epoxide rings is 2. The summed E-state index contributed by atoms with van der Waals surface area (Å²) < 4.78 is 36.1. The Morgan fingerprint density at radius 1 is 0.833 bits per heavy atom. The Bertz CT molecular complexity index is 1540. The van der Waals surface area contributed by atoms with Crippen molar-refractivity contribution < 1.29 is 67.7 Å². The third-order valence-electron chi connectivity index (χ3n) is 14.7. The standard InChI is InChI=1S/C34H44O14/c1-10-17-20(32(7)33(8,42)29(41)48-34(32)26(10)47-34)23(40)18-16-19(25(43-11(2)35)28(31(17,18)6)45-13(4)37)30(5)14(21(38)22(16)39)9-15-24(46-15)27(30)44-12(3)36/h10,14-20,22-28,39-40,42H,9H2,1-8H3/t10-,14?,15-,16?,17?,18?,19?,20?,22+,23+,24-,25-,26-,27-,28-,30-,31+,32-,33+,34+/m0/s1. The lowest BCUT2D eigenvalue weighted by Crippen LogP contribution is -2.74. The van der Waals surface area contributed by atoms with E-state index in [0.29, 0.717) is 0 Å². The number of rotatable bonds is 3. The van der Waals surface area contributed by atoms with Gasteiger partial charge in [-0.2, -0.15) is 0 Å². The lowest BCUT2D eigenvalue weighted by Gasteiger charge is -2.65. The molecule has 5 aliphatic carbocycles. The third kappa shape index (κ3) is 3.39. The van der Waals surface area contributed by atoms with Gasteiger partial charge in [0.25, 0.3) is 0 Å². The zero-order valence-electron chi connectivity index (χ0n) is 28.2. The van der Waals surface area contributed by atoms with Crippen molar-refractivity contribution in [3.8, 4) is 0 Å². The van der Waals surface area contributed by atoms with Crippen LogP contribution in [0, 0.1) is 57.7 Å². The highest BCUT2D eigenvalue weighted by atomic mass is 16.8. The molecule has 0 aromatic heterocycles. The molecule has 0 aromatic rings. The van der Waals surface area contributed by atoms with Gasteiger partial charge in [0.2, 0.25) is 5.79 Å². The molecular formula is C34H44O14. The molecule has 14 heteroatoms. The van der Waals surface area contributed by atoms with Gasteiger partial charge >= 0.3 is 23.9 Å². The number of hydrogen-bond acceptors (Lipinski definition) is 14. The summed E-state index contributed by atoms with van der Waals surface area (Å²) in [5.74, 6) is -10.9. The van der Waals surface area contributed by atoms with E-state index in [1.54, 1.807) is 20.8 Å². The molecule has 264 valence electrons. The minimum Gasteiger partial charge on any atom is -0.459 e. The SMILES string of the molecule is CC(=O)O[C@H]1C2C(C3[C@@H](O)C4C([C@H](C)[C@@H]5O[C@@]56OC(=O)[C@@](C)(O)[C@]46C)[C@@]3(C)[C@H]1OC(C)=O)[C@@H](O)C(=O)C1C[C@@H]3O[C@@H]3[C@H](OC(C)=O)[C@@]12C. The van der Waals surface area contributed by atoms with Gasteiger partial charge < -0.3 is 43.7 Å². The van der Waals surface area contributed by atoms with E-state index in [4.69, 9.17) is 28.4 Å². The van der Waals surface area contributed by atoms with E-state index in [0.717, 1.165) is 0 Å². The fraction of sp³-hybridized carbons (Fsp3) is 0.853. The van der Waals surface area contributed by atoms with Crippen molar-refractivity contribution in [1.82, 2.24) is 0 Å². The third-order valence-corrected chi connectivity index (χ3v) is 14.7. The van der Waals surface area contributed by atoms with Crippen LogP contribution in [0.25, 0.3) is 0 Å². The maximum Gasteiger partial charge on any atom is 0.341 e. The van der Waals surface area contributed by atoms with Gasteiger partial charge in [-0.25, -0.2) is 4.79 Å². The van der Waals surface area contributed by atoms with Crippen LogP contribution in [0.15, 0.2) is 0 Å². The molecule has 8 rings (SSSR count). The van der Waals surface area contributed by atoms with E-state index < -0.39 is 141 Å². The Kier molecular flexibility index (Phi) is 6.35. The number of carbonyl (C=O) groups is 5. The molecule has 3 aliphatic heterocycles. The van der Waals surface area contributed by atoms with Crippen LogP contribution >= 0.6 is 0 Å². The molecule has 0 amide bonds. The molecule has 3 saturated heterocycles. The van der Waals surface area contributed by atoms with E-state index in [-0.39, 0.29) is 12.5 Å². The summed E-state index contributed by atoms with van der Waals surface area (Å²) in [4.78, 5) is 66.2. The van der Waals surface area contributed by atoms with Crippen molar-refractivity contribution in [2.45, 2.75) is 122 Å². The summed E-state index contributed by atoms with van der Waals surface area (Å²) in [5.41, 5.74) is -6.23. The van der Waals surface area contributed by atoms with E-state index in [1.165, 1.54) is 27.7 Å². The molecule has 0 bridgehead atoms. The normalized spacial score (nSPS) is 59.6. The van der Waals surface area contributed by atoms with Crippen molar-refractivity contribution >= 4 is 29.7 Å². The van der Waals surface area contributed by atoms with Gasteiger partial charge in [-0.05, 0) is 32.1 Å². The first kappa shape index (κ1) is 32.5. The van der Waals surface area contributed by atoms with Gasteiger partial charge in [-0.1, -0.05) is 20.8 Å². The number of carbonyl (C=O) groups excluding carboxylic acids is 5. The molecule has 20 atom stereocenters. The van der Waals surface area contributed by atoms with E-state index >= 15 is 0 Å². The van der Waals surface area contributed by atoms with Crippen LogP contribution in [0.2, 0.25) is 0 Å². The summed E-state index contributed by atoms with van der Waals surface area (Å²) in [6.07, 6.45) is -7.90. The highest BCUT2D eigenvalue weighted by molar-refractivity contribution is 5.88. The molecule has 1 spiro atoms. The Hall–Kier alpha value is -2.65. The lowest BCUT2D eigenvalue weighted by atomic mass is 9.41. The first-order valence-electron chi connectivity index (χ1n) is 16.9. The fourth-order valence-corrected chi connectivity index (χ4v) is 12.9. The van der Waals surface area contributed by atoms with Gasteiger partial charge in [0.1, 0.15) is 36.6 Å². The Balaban J connectivity index is 1.38. The molecule has 5 saturated carbocycles. The van der Waals surface area contributed by atoms with Crippen LogP contribution in [0.1, 0.15) is 61.8 Å². The minimum atomic E-state index is -2.11. The molecule has 3 N–H and O–H groups in total. The predicted molar refractivity (Wildman–Crippen MR) is 156 cm³/mol. The Morgan fingerprint density at radius 2 is 1.44 bits per heavy atom. The molecule has 0 aromatic carbocycles. The summed E-state index contributed by atoms with van der Waals surface area (Å²) >= 11 is 0. The van der Waals surface area contributed by atoms with Gasteiger partial charge in [0.15, 0.2) is 11.4 Å². The highest BCUT2D eigenvalue weighted by Crippen LogP contribution is 2.80. The van der Waals surface area contributed by atoms with Crippen molar-refractivity contribution in [2.75, 3.05) is 0 Å². The second-order valence-corrected chi connectivity index (χ2v) is 16.5. The average Bonchev–Trinajstić information content (AvgIpc) is 3.88. The predicted octanol–water partition coefficient (Wildman–Crippen LogP) is 0.0530. The minimum absolute atomic E-state index is 0.234. The monoisotopic (exact) mass is 676 g/mol. The maximum absolute atomic E-state index is 14.4. The van der Waals surface area contributed by atoms with E-state index in [1.807, 2.05) is 6.92 Å². The first-order chi connectivity index (χ1) is 22.2. The largest absolute Gasteiger partial charge is 0.459 e. The molecule has 6 unspecified atom stereocenters. The van der Waals surface area contributed by atoms with Gasteiger partial charge in [0.05, 0.1) is 17.6 Å². The zero-order valence-corrected chi connectivity index (χ0v) is 28.2. The summed E-state index contributed by atoms with van der Waals surface area (Å²) in [7, 11) is 0. The van der Waals surface area contributed by atoms with Crippen molar-refractivity contribution in [3.05, 3.63) is 0 Å². The zero-order chi connectivity index (χ0) is 35.0. The maximum atomic E-state index is 14.4. The van der Waals surface area contributed by atoms with Crippen molar-refractivity contribution in [3.63, 3.8) is 0 Å². The van der Waals surface area contributed by atoms with Crippen LogP contribution in [-0.2, 0) is 52.4 Å². The number of aliphatic hydroxyl groups is 3. The summed E-state index contributed by atoms with van der Waals surface area (Å²) in [6.45, 7) is 12.1. The topological polar surface area (TPSA) is 208 Å². The van der Waals surface area contributed by atoms with Crippen LogP contribution in [0.3, 0.4) is 0 Å². The molecule has 8 aliphatic rings. The van der Waals surface area contributed by atoms with Crippen LogP contribution in [-0.4, -0.2) is 105 Å². The van der Waals surface area contributed by atoms with Crippen molar-refractivity contribution in [1.29, 1.82) is 0 Å². The number of ether oxygens (including phenoxy) is 6. The van der Waals surface area contributed by atoms with Gasteiger partial charge in [-0.15, -0.1) is 0 Å². The molecule has 3 heterocycles. The van der Waals surface area contributed by atoms with Crippen LogP contribution in [0.5, 0.6) is 0 Å². The average molecular weight is 677 g/mol. The summed E-state index contributed by atoms with van der Waals surface area (Å²) in [6, 6.07) is 0. The van der Waals surface area contributed by atoms with E-state index in [2.05, 4.69) is 0 Å². The fourth-order valence-electron chi connectivity index (χ4n) is 12.9. The quantitative estimate of drug-likeness (QED) is 0.205. The molecule has 0 radical (unpaired) electrons. The number of aliphatic hydroxyl groups excluding tert-OH is 2. The molecule has 8 fully saturated rings. The van der Waals surface area contributed by atoms with Crippen LogP contribution < -0.4 is 0 Å². The Labute approximate surface area is 277 Å². The smallest absolute Gasteiger partial charge is 0.341 e. The van der Waals surface area contributed by atoms with Gasteiger partial charge in [0, 0.05) is 61.2 Å². The number of hydrogen-bond donors (Lipinski definition) is 3. The molecule has 14 nitrogen and oxygen atoms in total. The second kappa shape index (κ2) is 9.36. The number of fused-ring (bicyclic) bond motifs is 9. The number of ketones is 1. The molecule has 48 heavy (non-hydrogen) atoms. The number of esters is 4.